The van der Waals surface area contributed by atoms with Crippen LogP contribution < -0.4 is 0 Å². The molecule has 0 saturated carbocycles. The molecule has 0 bridgehead atoms. The van der Waals surface area contributed by atoms with Gasteiger partial charge in [0.05, 0.1) is 0 Å². The van der Waals surface area contributed by atoms with Gasteiger partial charge in [-0.3, -0.25) is 0 Å². The third kappa shape index (κ3) is 4.34. The quantitative estimate of drug-likeness (QED) is 0.207. The Kier molecular flexibility index (Phi) is 6.15. The summed E-state index contributed by atoms with van der Waals surface area (Å²) in [5, 5.41) is 2.62. The zero-order valence-electron chi connectivity index (χ0n) is 21.1. The van der Waals surface area contributed by atoms with Crippen molar-refractivity contribution in [3.05, 3.63) is 129 Å². The first-order chi connectivity index (χ1) is 16.8. The SMILES string of the molecule is Cc1ccc2c(c1)C(C)(C)c1cc(Br)ccc1-2.Cc1ccccc1-c1cc2ccccc2cc1C. The van der Waals surface area contributed by atoms with Crippen molar-refractivity contribution in [2.45, 2.75) is 40.0 Å². The lowest BCUT2D eigenvalue weighted by Gasteiger charge is -2.21. The minimum Gasteiger partial charge on any atom is -0.0620 e. The van der Waals surface area contributed by atoms with Crippen molar-refractivity contribution in [3.63, 3.8) is 0 Å². The molecule has 6 rings (SSSR count). The monoisotopic (exact) mass is 518 g/mol. The van der Waals surface area contributed by atoms with E-state index >= 15 is 0 Å². The summed E-state index contributed by atoms with van der Waals surface area (Å²) < 4.78 is 1.16. The van der Waals surface area contributed by atoms with Crippen LogP contribution in [0.15, 0.2) is 102 Å². The number of aryl methyl sites for hydroxylation is 3. The van der Waals surface area contributed by atoms with Gasteiger partial charge in [-0.05, 0) is 94.3 Å². The molecule has 35 heavy (non-hydrogen) atoms. The highest BCUT2D eigenvalue weighted by Crippen LogP contribution is 2.49. The van der Waals surface area contributed by atoms with Gasteiger partial charge in [0.1, 0.15) is 0 Å². The second-order valence-electron chi connectivity index (χ2n) is 10.2. The number of fused-ring (bicyclic) bond motifs is 4. The highest BCUT2D eigenvalue weighted by atomic mass is 79.9. The fraction of sp³-hybridized carbons (Fsp3) is 0.176. The maximum absolute atomic E-state index is 3.58. The van der Waals surface area contributed by atoms with E-state index in [9.17, 15) is 0 Å². The molecule has 0 aliphatic heterocycles. The van der Waals surface area contributed by atoms with Gasteiger partial charge < -0.3 is 0 Å². The van der Waals surface area contributed by atoms with Crippen LogP contribution in [-0.2, 0) is 5.41 Å². The zero-order valence-corrected chi connectivity index (χ0v) is 22.7. The van der Waals surface area contributed by atoms with Crippen molar-refractivity contribution >= 4 is 26.7 Å². The van der Waals surface area contributed by atoms with Crippen LogP contribution in [0.3, 0.4) is 0 Å². The molecule has 0 aromatic heterocycles. The van der Waals surface area contributed by atoms with Gasteiger partial charge in [-0.1, -0.05) is 114 Å². The van der Waals surface area contributed by atoms with Crippen LogP contribution in [0.2, 0.25) is 0 Å². The van der Waals surface area contributed by atoms with E-state index in [-0.39, 0.29) is 5.41 Å². The molecule has 1 aliphatic rings. The van der Waals surface area contributed by atoms with E-state index in [0.29, 0.717) is 0 Å². The molecular weight excluding hydrogens is 488 g/mol. The molecule has 0 nitrogen and oxygen atoms in total. The van der Waals surface area contributed by atoms with Crippen molar-refractivity contribution < 1.29 is 0 Å². The highest BCUT2D eigenvalue weighted by Gasteiger charge is 2.35. The molecule has 0 N–H and O–H groups in total. The topological polar surface area (TPSA) is 0 Å². The second kappa shape index (κ2) is 9.13. The van der Waals surface area contributed by atoms with Crippen molar-refractivity contribution in [1.29, 1.82) is 0 Å². The van der Waals surface area contributed by atoms with E-state index in [1.807, 2.05) is 0 Å². The van der Waals surface area contributed by atoms with E-state index in [2.05, 4.69) is 148 Å². The number of benzene rings is 5. The van der Waals surface area contributed by atoms with Crippen LogP contribution in [0.4, 0.5) is 0 Å². The minimum absolute atomic E-state index is 0.112. The molecular formula is C34H31Br. The number of rotatable bonds is 1. The molecule has 174 valence electrons. The Morgan fingerprint density at radius 1 is 0.514 bits per heavy atom. The van der Waals surface area contributed by atoms with Crippen LogP contribution in [0.5, 0.6) is 0 Å². The Bertz CT molecular complexity index is 1500. The molecule has 5 aromatic carbocycles. The molecule has 0 saturated heterocycles. The summed E-state index contributed by atoms with van der Waals surface area (Å²) in [6, 6.07) is 35.1. The fourth-order valence-electron chi connectivity index (χ4n) is 5.34. The first-order valence-electron chi connectivity index (χ1n) is 12.2. The fourth-order valence-corrected chi connectivity index (χ4v) is 5.70. The molecule has 5 aromatic rings. The van der Waals surface area contributed by atoms with Crippen molar-refractivity contribution in [2.24, 2.45) is 0 Å². The zero-order chi connectivity index (χ0) is 24.7. The number of hydrogen-bond acceptors (Lipinski definition) is 0. The lowest BCUT2D eigenvalue weighted by atomic mass is 9.82. The summed E-state index contributed by atoms with van der Waals surface area (Å²) in [5.41, 5.74) is 12.4. The van der Waals surface area contributed by atoms with E-state index in [4.69, 9.17) is 0 Å². The van der Waals surface area contributed by atoms with Crippen molar-refractivity contribution in [3.8, 4) is 22.3 Å². The first kappa shape index (κ1) is 23.6. The molecule has 0 atom stereocenters. The predicted molar refractivity (Wildman–Crippen MR) is 155 cm³/mol. The summed E-state index contributed by atoms with van der Waals surface area (Å²) in [6.45, 7) is 11.1. The van der Waals surface area contributed by atoms with Gasteiger partial charge in [-0.25, -0.2) is 0 Å². The Morgan fingerprint density at radius 2 is 1.11 bits per heavy atom. The molecule has 0 heterocycles. The number of hydrogen-bond donors (Lipinski definition) is 0. The third-order valence-electron chi connectivity index (χ3n) is 7.32. The third-order valence-corrected chi connectivity index (χ3v) is 7.81. The van der Waals surface area contributed by atoms with Crippen LogP contribution >= 0.6 is 15.9 Å². The van der Waals surface area contributed by atoms with Gasteiger partial charge in [-0.2, -0.15) is 0 Å². The number of halogens is 1. The van der Waals surface area contributed by atoms with Gasteiger partial charge in [0, 0.05) is 9.89 Å². The van der Waals surface area contributed by atoms with E-state index in [1.54, 1.807) is 0 Å². The summed E-state index contributed by atoms with van der Waals surface area (Å²) in [5.74, 6) is 0. The molecule has 0 unspecified atom stereocenters. The molecule has 0 amide bonds. The van der Waals surface area contributed by atoms with Crippen LogP contribution in [0.1, 0.15) is 41.7 Å². The molecule has 0 radical (unpaired) electrons. The second-order valence-corrected chi connectivity index (χ2v) is 11.1. The van der Waals surface area contributed by atoms with Crippen LogP contribution in [0.25, 0.3) is 33.0 Å². The van der Waals surface area contributed by atoms with Gasteiger partial charge >= 0.3 is 0 Å². The Labute approximate surface area is 217 Å². The normalized spacial score (nSPS) is 13.1. The molecule has 0 spiro atoms. The van der Waals surface area contributed by atoms with E-state index < -0.39 is 0 Å². The maximum Gasteiger partial charge on any atom is 0.0178 e. The Morgan fingerprint density at radius 3 is 1.83 bits per heavy atom. The lowest BCUT2D eigenvalue weighted by molar-refractivity contribution is 0.659. The molecule has 1 heteroatoms. The van der Waals surface area contributed by atoms with Gasteiger partial charge in [-0.15, -0.1) is 0 Å². The van der Waals surface area contributed by atoms with Crippen LogP contribution in [0, 0.1) is 20.8 Å². The average Bonchev–Trinajstić information content (AvgIpc) is 3.05. The highest BCUT2D eigenvalue weighted by molar-refractivity contribution is 9.10. The average molecular weight is 520 g/mol. The maximum atomic E-state index is 3.58. The minimum atomic E-state index is 0.112. The van der Waals surface area contributed by atoms with E-state index in [0.717, 1.165) is 4.47 Å². The summed E-state index contributed by atoms with van der Waals surface area (Å²) in [7, 11) is 0. The summed E-state index contributed by atoms with van der Waals surface area (Å²) in [6.07, 6.45) is 0. The van der Waals surface area contributed by atoms with Gasteiger partial charge in [0.2, 0.25) is 0 Å². The summed E-state index contributed by atoms with van der Waals surface area (Å²) in [4.78, 5) is 0. The Balaban J connectivity index is 0.000000145. The molecule has 1 aliphatic carbocycles. The largest absolute Gasteiger partial charge is 0.0620 e. The standard InChI is InChI=1S/C18H16.C16H15Br/c1-13-7-3-6-10-17(13)18-12-16-9-5-4-8-15(16)11-14(18)2;1-10-4-6-12-13-7-5-11(17)9-15(13)16(2,3)14(12)8-10/h3-12H,1-2H3;4-9H,1-3H3. The molecule has 0 fully saturated rings. The van der Waals surface area contributed by atoms with Gasteiger partial charge in [0.15, 0.2) is 0 Å². The van der Waals surface area contributed by atoms with Gasteiger partial charge in [0.25, 0.3) is 0 Å². The summed E-state index contributed by atoms with van der Waals surface area (Å²) >= 11 is 3.58. The first-order valence-corrected chi connectivity index (χ1v) is 13.0. The van der Waals surface area contributed by atoms with Crippen LogP contribution in [-0.4, -0.2) is 0 Å². The smallest absolute Gasteiger partial charge is 0.0178 e. The Hall–Kier alpha value is -3.16. The van der Waals surface area contributed by atoms with Crippen molar-refractivity contribution in [2.75, 3.05) is 0 Å². The van der Waals surface area contributed by atoms with Crippen molar-refractivity contribution in [1.82, 2.24) is 0 Å². The predicted octanol–water partition coefficient (Wildman–Crippen LogP) is 10.2. The lowest BCUT2D eigenvalue weighted by Crippen LogP contribution is -2.15. The van der Waals surface area contributed by atoms with E-state index in [1.165, 1.54) is 60.8 Å².